The third-order valence-corrected chi connectivity index (χ3v) is 4.06. The van der Waals surface area contributed by atoms with E-state index < -0.39 is 0 Å². The van der Waals surface area contributed by atoms with Gasteiger partial charge in [0.1, 0.15) is 0 Å². The van der Waals surface area contributed by atoms with E-state index in [9.17, 15) is 5.11 Å². The van der Waals surface area contributed by atoms with E-state index >= 15 is 0 Å². The van der Waals surface area contributed by atoms with Gasteiger partial charge in [0.05, 0.1) is 22.9 Å². The lowest BCUT2D eigenvalue weighted by Crippen LogP contribution is -2.29. The second-order valence-corrected chi connectivity index (χ2v) is 5.46. The smallest absolute Gasteiger partial charge is 0.0897 e. The first-order valence-corrected chi connectivity index (χ1v) is 6.79. The van der Waals surface area contributed by atoms with E-state index in [1.807, 2.05) is 12.3 Å². The van der Waals surface area contributed by atoms with Gasteiger partial charge >= 0.3 is 0 Å². The Morgan fingerprint density at radius 3 is 3.12 bits per heavy atom. The van der Waals surface area contributed by atoms with E-state index in [2.05, 4.69) is 11.9 Å². The van der Waals surface area contributed by atoms with Crippen LogP contribution in [0.25, 0.3) is 0 Å². The first-order chi connectivity index (χ1) is 7.70. The molecule has 2 rings (SSSR count). The summed E-state index contributed by atoms with van der Waals surface area (Å²) in [4.78, 5) is 4.39. The van der Waals surface area contributed by atoms with Crippen molar-refractivity contribution in [2.75, 3.05) is 6.61 Å². The van der Waals surface area contributed by atoms with Crippen molar-refractivity contribution in [2.45, 2.75) is 45.3 Å². The largest absolute Gasteiger partial charge is 0.392 e. The normalized spacial score (nSPS) is 27.2. The zero-order valence-corrected chi connectivity index (χ0v) is 10.7. The molecule has 1 aliphatic rings. The van der Waals surface area contributed by atoms with Gasteiger partial charge in [0.25, 0.3) is 0 Å². The summed E-state index contributed by atoms with van der Waals surface area (Å²) in [5.41, 5.74) is 1.01. The van der Waals surface area contributed by atoms with E-state index in [0.29, 0.717) is 6.42 Å². The van der Waals surface area contributed by atoms with Crippen LogP contribution in [-0.4, -0.2) is 28.9 Å². The average molecular weight is 241 g/mol. The van der Waals surface area contributed by atoms with Gasteiger partial charge in [0.15, 0.2) is 0 Å². The lowest BCUT2D eigenvalue weighted by Gasteiger charge is -2.21. The van der Waals surface area contributed by atoms with Crippen LogP contribution in [0, 0.1) is 12.8 Å². The van der Waals surface area contributed by atoms with Gasteiger partial charge in [-0.1, -0.05) is 6.92 Å². The highest BCUT2D eigenvalue weighted by Gasteiger charge is 2.32. The predicted octanol–water partition coefficient (Wildman–Crippen LogP) is 2.17. The summed E-state index contributed by atoms with van der Waals surface area (Å²) in [5.74, 6) is 0.284. The molecule has 90 valence electrons. The summed E-state index contributed by atoms with van der Waals surface area (Å²) in [7, 11) is 0. The minimum atomic E-state index is -0.311. The predicted molar refractivity (Wildman–Crippen MR) is 64.7 cm³/mol. The van der Waals surface area contributed by atoms with Crippen LogP contribution < -0.4 is 0 Å². The quantitative estimate of drug-likeness (QED) is 0.878. The molecule has 3 nitrogen and oxygen atoms in total. The van der Waals surface area contributed by atoms with Crippen molar-refractivity contribution >= 4 is 11.3 Å². The van der Waals surface area contributed by atoms with Crippen LogP contribution in [-0.2, 0) is 11.2 Å². The van der Waals surface area contributed by atoms with Crippen molar-refractivity contribution in [3.8, 4) is 0 Å². The van der Waals surface area contributed by atoms with Crippen molar-refractivity contribution in [1.82, 2.24) is 4.98 Å². The Morgan fingerprint density at radius 1 is 1.69 bits per heavy atom. The number of rotatable bonds is 4. The molecule has 2 heterocycles. The lowest BCUT2D eigenvalue weighted by molar-refractivity contribution is 0.0314. The SMILES string of the molecule is CCC1OCCC1C(O)Cc1csc(C)n1. The van der Waals surface area contributed by atoms with Crippen LogP contribution in [0.2, 0.25) is 0 Å². The summed E-state index contributed by atoms with van der Waals surface area (Å²) < 4.78 is 5.60. The van der Waals surface area contributed by atoms with Gasteiger partial charge in [-0.05, 0) is 19.8 Å². The van der Waals surface area contributed by atoms with Crippen molar-refractivity contribution in [2.24, 2.45) is 5.92 Å². The molecule has 1 aromatic rings. The Morgan fingerprint density at radius 2 is 2.50 bits per heavy atom. The van der Waals surface area contributed by atoms with Gasteiger partial charge in [0, 0.05) is 24.3 Å². The third-order valence-electron chi connectivity index (χ3n) is 3.24. The maximum atomic E-state index is 10.2. The Bertz CT molecular complexity index is 340. The van der Waals surface area contributed by atoms with Gasteiger partial charge in [-0.2, -0.15) is 0 Å². The molecule has 0 aliphatic carbocycles. The van der Waals surface area contributed by atoms with Crippen LogP contribution in [0.15, 0.2) is 5.38 Å². The Hall–Kier alpha value is -0.450. The van der Waals surface area contributed by atoms with E-state index in [-0.39, 0.29) is 18.1 Å². The maximum absolute atomic E-state index is 10.2. The van der Waals surface area contributed by atoms with Crippen LogP contribution in [0.1, 0.15) is 30.5 Å². The highest BCUT2D eigenvalue weighted by atomic mass is 32.1. The Balaban J connectivity index is 1.94. The molecule has 0 aromatic carbocycles. The van der Waals surface area contributed by atoms with Crippen molar-refractivity contribution < 1.29 is 9.84 Å². The van der Waals surface area contributed by atoms with Crippen LogP contribution in [0.3, 0.4) is 0 Å². The van der Waals surface area contributed by atoms with Gasteiger partial charge in [-0.15, -0.1) is 11.3 Å². The molecule has 1 N–H and O–H groups in total. The highest BCUT2D eigenvalue weighted by Crippen LogP contribution is 2.28. The molecule has 0 saturated carbocycles. The van der Waals surface area contributed by atoms with Crippen LogP contribution in [0.5, 0.6) is 0 Å². The minimum Gasteiger partial charge on any atom is -0.392 e. The summed E-state index contributed by atoms with van der Waals surface area (Å²) in [6.07, 6.45) is 2.54. The zero-order valence-electron chi connectivity index (χ0n) is 9.85. The molecule has 1 fully saturated rings. The molecule has 0 radical (unpaired) electrons. The van der Waals surface area contributed by atoms with E-state index in [1.165, 1.54) is 0 Å². The van der Waals surface area contributed by atoms with E-state index in [0.717, 1.165) is 30.2 Å². The van der Waals surface area contributed by atoms with Crippen molar-refractivity contribution in [3.05, 3.63) is 16.1 Å². The van der Waals surface area contributed by atoms with Crippen molar-refractivity contribution in [3.63, 3.8) is 0 Å². The van der Waals surface area contributed by atoms with Gasteiger partial charge in [0.2, 0.25) is 0 Å². The molecule has 16 heavy (non-hydrogen) atoms. The summed E-state index contributed by atoms with van der Waals surface area (Å²) in [6.45, 7) is 4.90. The number of aliphatic hydroxyl groups is 1. The molecule has 3 unspecified atom stereocenters. The number of thiazole rings is 1. The standard InChI is InChI=1S/C12H19NO2S/c1-3-12-10(4-5-15-12)11(14)6-9-7-16-8(2)13-9/h7,10-12,14H,3-6H2,1-2H3. The fourth-order valence-corrected chi connectivity index (χ4v) is 3.02. The molecular weight excluding hydrogens is 222 g/mol. The summed E-state index contributed by atoms with van der Waals surface area (Å²) in [5, 5.41) is 13.3. The number of aliphatic hydroxyl groups excluding tert-OH is 1. The van der Waals surface area contributed by atoms with Gasteiger partial charge in [-0.3, -0.25) is 0 Å². The van der Waals surface area contributed by atoms with Gasteiger partial charge in [-0.25, -0.2) is 4.98 Å². The second-order valence-electron chi connectivity index (χ2n) is 4.40. The Kier molecular flexibility index (Phi) is 3.95. The first-order valence-electron chi connectivity index (χ1n) is 5.91. The average Bonchev–Trinajstić information content (AvgIpc) is 2.86. The molecule has 0 bridgehead atoms. The second kappa shape index (κ2) is 5.25. The molecule has 0 spiro atoms. The number of aromatic nitrogens is 1. The molecule has 0 amide bonds. The molecule has 1 saturated heterocycles. The van der Waals surface area contributed by atoms with E-state index in [4.69, 9.17) is 4.74 Å². The molecular formula is C12H19NO2S. The third kappa shape index (κ3) is 2.62. The Labute approximate surface area is 100 Å². The van der Waals surface area contributed by atoms with E-state index in [1.54, 1.807) is 11.3 Å². The molecule has 1 aliphatic heterocycles. The number of hydrogen-bond donors (Lipinski definition) is 1. The molecule has 3 atom stereocenters. The maximum Gasteiger partial charge on any atom is 0.0897 e. The summed E-state index contributed by atoms with van der Waals surface area (Å²) in [6, 6.07) is 0. The monoisotopic (exact) mass is 241 g/mol. The zero-order chi connectivity index (χ0) is 11.5. The minimum absolute atomic E-state index is 0.231. The van der Waals surface area contributed by atoms with Crippen molar-refractivity contribution in [1.29, 1.82) is 0 Å². The molecule has 1 aromatic heterocycles. The summed E-state index contributed by atoms with van der Waals surface area (Å²) >= 11 is 1.64. The number of ether oxygens (including phenoxy) is 1. The highest BCUT2D eigenvalue weighted by molar-refractivity contribution is 7.09. The first kappa shape index (κ1) is 12.0. The fourth-order valence-electron chi connectivity index (χ4n) is 2.39. The number of hydrogen-bond acceptors (Lipinski definition) is 4. The lowest BCUT2D eigenvalue weighted by atomic mass is 9.91. The fraction of sp³-hybridized carbons (Fsp3) is 0.750. The van der Waals surface area contributed by atoms with Gasteiger partial charge < -0.3 is 9.84 Å². The molecule has 4 heteroatoms. The number of aryl methyl sites for hydroxylation is 1. The topological polar surface area (TPSA) is 42.4 Å². The van der Waals surface area contributed by atoms with Crippen LogP contribution in [0.4, 0.5) is 0 Å². The van der Waals surface area contributed by atoms with Crippen LogP contribution >= 0.6 is 11.3 Å². The number of nitrogens with zero attached hydrogens (tertiary/aromatic N) is 1.